The maximum atomic E-state index is 13.3. The summed E-state index contributed by atoms with van der Waals surface area (Å²) in [6, 6.07) is 12.1. The molecule has 0 saturated carbocycles. The largest absolute Gasteiger partial charge is 0.419 e. The number of benzene rings is 1. The Hall–Kier alpha value is -2.94. The van der Waals surface area contributed by atoms with Gasteiger partial charge in [0.15, 0.2) is 0 Å². The van der Waals surface area contributed by atoms with Crippen molar-refractivity contribution in [2.24, 2.45) is 0 Å². The Labute approximate surface area is 172 Å². The normalized spacial score (nSPS) is 12.9. The van der Waals surface area contributed by atoms with Gasteiger partial charge in [-0.15, -0.1) is 0 Å². The molecule has 0 fully saturated rings. The second-order valence-electron chi connectivity index (χ2n) is 6.42. The molecule has 1 N–H and O–H groups in total. The second kappa shape index (κ2) is 7.47. The molecule has 0 spiro atoms. The number of nitrogens with zero attached hydrogens (tertiary/aromatic N) is 4. The fraction of sp³-hybridized carbons (Fsp3) is 0.150. The van der Waals surface area contributed by atoms with Gasteiger partial charge in [-0.3, -0.25) is 4.40 Å². The summed E-state index contributed by atoms with van der Waals surface area (Å²) in [5, 5.41) is 3.22. The van der Waals surface area contributed by atoms with Gasteiger partial charge in [0, 0.05) is 12.4 Å². The topological polar surface area (TPSA) is 55.1 Å². The Kier molecular flexibility index (Phi) is 4.99. The number of alkyl halides is 3. The number of pyridine rings is 1. The summed E-state index contributed by atoms with van der Waals surface area (Å²) in [6.45, 7) is 1.98. The molecule has 0 saturated heterocycles. The molecule has 0 aliphatic heterocycles. The van der Waals surface area contributed by atoms with Crippen LogP contribution in [-0.2, 0) is 6.18 Å². The molecule has 9 heteroatoms. The first-order valence-corrected chi connectivity index (χ1v) is 9.51. The predicted octanol–water partition coefficient (Wildman–Crippen LogP) is 5.75. The Morgan fingerprint density at radius 3 is 2.52 bits per heavy atom. The van der Waals surface area contributed by atoms with Crippen LogP contribution in [0.25, 0.3) is 17.0 Å². The van der Waals surface area contributed by atoms with E-state index in [0.717, 1.165) is 11.6 Å². The number of nitrogens with one attached hydrogen (secondary N) is 1. The van der Waals surface area contributed by atoms with Crippen LogP contribution in [0, 0.1) is 0 Å². The van der Waals surface area contributed by atoms with E-state index >= 15 is 0 Å². The third-order valence-corrected chi connectivity index (χ3v) is 5.05. The smallest absolute Gasteiger partial charge is 0.348 e. The summed E-state index contributed by atoms with van der Waals surface area (Å²) in [5.74, 6) is 0.362. The summed E-state index contributed by atoms with van der Waals surface area (Å²) >= 11 is 3.39. The Morgan fingerprint density at radius 1 is 1.03 bits per heavy atom. The lowest BCUT2D eigenvalue weighted by atomic mass is 10.1. The van der Waals surface area contributed by atoms with Gasteiger partial charge in [-0.25, -0.2) is 15.0 Å². The van der Waals surface area contributed by atoms with Crippen LogP contribution in [0.1, 0.15) is 24.1 Å². The van der Waals surface area contributed by atoms with Crippen LogP contribution in [0.3, 0.4) is 0 Å². The van der Waals surface area contributed by atoms with Crippen LogP contribution < -0.4 is 5.32 Å². The van der Waals surface area contributed by atoms with Crippen LogP contribution in [0.5, 0.6) is 0 Å². The van der Waals surface area contributed by atoms with E-state index in [0.29, 0.717) is 21.8 Å². The Morgan fingerprint density at radius 2 is 1.79 bits per heavy atom. The van der Waals surface area contributed by atoms with Gasteiger partial charge < -0.3 is 5.32 Å². The summed E-state index contributed by atoms with van der Waals surface area (Å²) in [4.78, 5) is 12.8. The first kappa shape index (κ1) is 19.4. The minimum Gasteiger partial charge on any atom is -0.348 e. The molecule has 0 amide bonds. The number of fused-ring (bicyclic) bond motifs is 1. The molecular formula is C20H15BrF3N5. The molecule has 0 radical (unpaired) electrons. The standard InChI is InChI=1S/C20H15BrF3N5/c1-12(13-6-3-2-4-7-13)27-19-26-10-15(21)17(28-19)16-11-25-18-14(20(22,23)24)8-5-9-29(16)18/h2-12H,1H3,(H,26,27,28)/t12-/m0/s1. The van der Waals surface area contributed by atoms with Crippen LogP contribution in [-0.4, -0.2) is 19.4 Å². The predicted molar refractivity (Wildman–Crippen MR) is 107 cm³/mol. The second-order valence-corrected chi connectivity index (χ2v) is 7.28. The number of hydrogen-bond acceptors (Lipinski definition) is 4. The van der Waals surface area contributed by atoms with Crippen molar-refractivity contribution in [3.63, 3.8) is 0 Å². The number of aromatic nitrogens is 4. The first-order chi connectivity index (χ1) is 13.8. The highest BCUT2D eigenvalue weighted by Gasteiger charge is 2.34. The third kappa shape index (κ3) is 3.82. The van der Waals surface area contributed by atoms with Crippen molar-refractivity contribution in [1.82, 2.24) is 19.4 Å². The molecule has 4 aromatic rings. The van der Waals surface area contributed by atoms with E-state index in [-0.39, 0.29) is 11.7 Å². The van der Waals surface area contributed by atoms with Gasteiger partial charge in [0.05, 0.1) is 28.0 Å². The monoisotopic (exact) mass is 461 g/mol. The Balaban J connectivity index is 1.74. The maximum Gasteiger partial charge on any atom is 0.419 e. The average molecular weight is 462 g/mol. The molecule has 29 heavy (non-hydrogen) atoms. The van der Waals surface area contributed by atoms with Crippen molar-refractivity contribution in [2.45, 2.75) is 19.1 Å². The summed E-state index contributed by atoms with van der Waals surface area (Å²) in [6.07, 6.45) is -0.0233. The molecule has 4 rings (SSSR count). The van der Waals surface area contributed by atoms with Gasteiger partial charge in [-0.05, 0) is 40.5 Å². The van der Waals surface area contributed by atoms with Gasteiger partial charge >= 0.3 is 6.18 Å². The summed E-state index contributed by atoms with van der Waals surface area (Å²) in [7, 11) is 0. The van der Waals surface area contributed by atoms with Crippen LogP contribution >= 0.6 is 15.9 Å². The number of halogens is 4. The van der Waals surface area contributed by atoms with Crippen LogP contribution in [0.4, 0.5) is 19.1 Å². The summed E-state index contributed by atoms with van der Waals surface area (Å²) in [5.41, 5.74) is 0.954. The van der Waals surface area contributed by atoms with E-state index in [4.69, 9.17) is 0 Å². The minimum atomic E-state index is -4.49. The molecule has 1 atom stereocenters. The van der Waals surface area contributed by atoms with E-state index in [9.17, 15) is 13.2 Å². The number of imidazole rings is 1. The molecule has 3 aromatic heterocycles. The van der Waals surface area contributed by atoms with Crippen molar-refractivity contribution in [2.75, 3.05) is 5.32 Å². The zero-order valence-electron chi connectivity index (χ0n) is 15.2. The number of anilines is 1. The van der Waals surface area contributed by atoms with E-state index in [1.807, 2.05) is 37.3 Å². The fourth-order valence-electron chi connectivity index (χ4n) is 3.04. The molecule has 1 aromatic carbocycles. The van der Waals surface area contributed by atoms with E-state index in [1.54, 1.807) is 6.20 Å². The average Bonchev–Trinajstić information content (AvgIpc) is 3.13. The minimum absolute atomic E-state index is 0.0516. The van der Waals surface area contributed by atoms with Gasteiger partial charge in [0.1, 0.15) is 11.3 Å². The first-order valence-electron chi connectivity index (χ1n) is 8.72. The third-order valence-electron chi connectivity index (χ3n) is 4.47. The lowest BCUT2D eigenvalue weighted by Gasteiger charge is -2.15. The van der Waals surface area contributed by atoms with Crippen LogP contribution in [0.15, 0.2) is 65.5 Å². The lowest BCUT2D eigenvalue weighted by molar-refractivity contribution is -0.136. The molecular weight excluding hydrogens is 447 g/mol. The fourth-order valence-corrected chi connectivity index (χ4v) is 3.44. The molecule has 0 aliphatic carbocycles. The number of rotatable bonds is 4. The van der Waals surface area contributed by atoms with E-state index in [1.165, 1.54) is 22.9 Å². The highest BCUT2D eigenvalue weighted by atomic mass is 79.9. The van der Waals surface area contributed by atoms with Crippen molar-refractivity contribution >= 4 is 27.5 Å². The lowest BCUT2D eigenvalue weighted by Crippen LogP contribution is -2.10. The van der Waals surface area contributed by atoms with Crippen molar-refractivity contribution in [3.05, 3.63) is 76.7 Å². The molecule has 3 heterocycles. The Bertz CT molecular complexity index is 1160. The van der Waals surface area contributed by atoms with Crippen molar-refractivity contribution in [1.29, 1.82) is 0 Å². The highest BCUT2D eigenvalue weighted by molar-refractivity contribution is 9.10. The maximum absolute atomic E-state index is 13.3. The quantitative estimate of drug-likeness (QED) is 0.420. The van der Waals surface area contributed by atoms with Crippen molar-refractivity contribution < 1.29 is 13.2 Å². The van der Waals surface area contributed by atoms with E-state index < -0.39 is 11.7 Å². The zero-order valence-corrected chi connectivity index (χ0v) is 16.7. The SMILES string of the molecule is C[C@H](Nc1ncc(Br)c(-c2cnc3c(C(F)(F)F)cccn23)n1)c1ccccc1. The molecule has 0 bridgehead atoms. The molecule has 148 valence electrons. The van der Waals surface area contributed by atoms with Crippen LogP contribution in [0.2, 0.25) is 0 Å². The summed E-state index contributed by atoms with van der Waals surface area (Å²) < 4.78 is 41.8. The molecule has 5 nitrogen and oxygen atoms in total. The van der Waals surface area contributed by atoms with Gasteiger partial charge in [-0.1, -0.05) is 30.3 Å². The van der Waals surface area contributed by atoms with Gasteiger partial charge in [0.2, 0.25) is 5.95 Å². The van der Waals surface area contributed by atoms with E-state index in [2.05, 4.69) is 36.2 Å². The highest BCUT2D eigenvalue weighted by Crippen LogP contribution is 2.34. The van der Waals surface area contributed by atoms with Gasteiger partial charge in [0.25, 0.3) is 0 Å². The molecule has 0 unspecified atom stereocenters. The van der Waals surface area contributed by atoms with Crippen molar-refractivity contribution in [3.8, 4) is 11.4 Å². The van der Waals surface area contributed by atoms with Gasteiger partial charge in [-0.2, -0.15) is 13.2 Å². The number of hydrogen-bond donors (Lipinski definition) is 1. The molecule has 0 aliphatic rings. The zero-order chi connectivity index (χ0) is 20.6.